The fourth-order valence-corrected chi connectivity index (χ4v) is 1.42. The van der Waals surface area contributed by atoms with Gasteiger partial charge in [0.1, 0.15) is 11.5 Å². The predicted octanol–water partition coefficient (Wildman–Crippen LogP) is 2.14. The number of alkyl halides is 2. The summed E-state index contributed by atoms with van der Waals surface area (Å²) in [7, 11) is 2.77. The van der Waals surface area contributed by atoms with Gasteiger partial charge in [-0.05, 0) is 24.7 Å². The number of hydrogen-bond acceptors (Lipinski definition) is 3. The minimum Gasteiger partial charge on any atom is -0.497 e. The highest BCUT2D eigenvalue weighted by Crippen LogP contribution is 2.39. The lowest BCUT2D eigenvalue weighted by atomic mass is 10.0. The molecule has 0 unspecified atom stereocenters. The molecule has 0 atom stereocenters. The third kappa shape index (κ3) is 2.61. The summed E-state index contributed by atoms with van der Waals surface area (Å²) in [5.74, 6) is -2.50. The van der Waals surface area contributed by atoms with Gasteiger partial charge in [-0.1, -0.05) is 0 Å². The average molecular weight is 231 g/mol. The van der Waals surface area contributed by atoms with E-state index in [1.165, 1.54) is 26.4 Å². The number of rotatable bonds is 5. The van der Waals surface area contributed by atoms with Crippen LogP contribution >= 0.6 is 0 Å². The molecule has 0 amide bonds. The summed E-state index contributed by atoms with van der Waals surface area (Å²) in [6, 6.07) is 4.30. The summed E-state index contributed by atoms with van der Waals surface area (Å²) in [6.07, 6.45) is -0.420. The maximum absolute atomic E-state index is 13.7. The quantitative estimate of drug-likeness (QED) is 0.844. The summed E-state index contributed by atoms with van der Waals surface area (Å²) >= 11 is 0. The standard InChI is InChI=1S/C11H15F2NO2/c1-15-8-3-4-10(16-2)9(7-8)11(12,13)5-6-14/h3-4,7H,5-6,14H2,1-2H3. The molecule has 0 radical (unpaired) electrons. The molecule has 0 fully saturated rings. The fourth-order valence-electron chi connectivity index (χ4n) is 1.42. The van der Waals surface area contributed by atoms with Crippen LogP contribution in [0.15, 0.2) is 18.2 Å². The van der Waals surface area contributed by atoms with Gasteiger partial charge in [0.15, 0.2) is 0 Å². The van der Waals surface area contributed by atoms with Gasteiger partial charge in [-0.25, -0.2) is 8.78 Å². The highest BCUT2D eigenvalue weighted by Gasteiger charge is 2.34. The second-order valence-corrected chi connectivity index (χ2v) is 3.31. The molecule has 0 heterocycles. The number of halogens is 2. The molecule has 5 heteroatoms. The lowest BCUT2D eigenvalue weighted by molar-refractivity contribution is -0.0129. The van der Waals surface area contributed by atoms with Crippen molar-refractivity contribution >= 4 is 0 Å². The van der Waals surface area contributed by atoms with Crippen LogP contribution in [0.25, 0.3) is 0 Å². The van der Waals surface area contributed by atoms with Gasteiger partial charge in [-0.15, -0.1) is 0 Å². The molecule has 0 bridgehead atoms. The largest absolute Gasteiger partial charge is 0.497 e. The lowest BCUT2D eigenvalue weighted by Gasteiger charge is -2.19. The Balaban J connectivity index is 3.17. The summed E-state index contributed by atoms with van der Waals surface area (Å²) in [4.78, 5) is 0. The van der Waals surface area contributed by atoms with Crippen LogP contribution in [0.1, 0.15) is 12.0 Å². The molecule has 0 aromatic heterocycles. The molecule has 2 N–H and O–H groups in total. The minimum atomic E-state index is -3.01. The zero-order valence-corrected chi connectivity index (χ0v) is 9.30. The van der Waals surface area contributed by atoms with E-state index >= 15 is 0 Å². The first-order valence-corrected chi connectivity index (χ1v) is 4.85. The Hall–Kier alpha value is -1.36. The Kier molecular flexibility index (Phi) is 4.06. The number of ether oxygens (including phenoxy) is 2. The average Bonchev–Trinajstić information content (AvgIpc) is 2.28. The van der Waals surface area contributed by atoms with E-state index < -0.39 is 12.3 Å². The van der Waals surface area contributed by atoms with Gasteiger partial charge in [-0.2, -0.15) is 0 Å². The first kappa shape index (κ1) is 12.7. The summed E-state index contributed by atoms with van der Waals surface area (Å²) in [5, 5.41) is 0. The second-order valence-electron chi connectivity index (χ2n) is 3.31. The van der Waals surface area contributed by atoms with Gasteiger partial charge >= 0.3 is 0 Å². The summed E-state index contributed by atoms with van der Waals surface area (Å²) in [5.41, 5.74) is 4.97. The molecule has 0 aliphatic carbocycles. The predicted molar refractivity (Wildman–Crippen MR) is 57.1 cm³/mol. The van der Waals surface area contributed by atoms with Crippen molar-refractivity contribution in [3.8, 4) is 11.5 Å². The smallest absolute Gasteiger partial charge is 0.278 e. The van der Waals surface area contributed by atoms with E-state index in [9.17, 15) is 8.78 Å². The Morgan fingerprint density at radius 2 is 1.94 bits per heavy atom. The van der Waals surface area contributed by atoms with Crippen molar-refractivity contribution in [2.75, 3.05) is 20.8 Å². The van der Waals surface area contributed by atoms with E-state index in [1.807, 2.05) is 0 Å². The van der Waals surface area contributed by atoms with E-state index in [0.29, 0.717) is 5.75 Å². The van der Waals surface area contributed by atoms with Crippen LogP contribution in [0, 0.1) is 0 Å². The molecule has 0 aliphatic rings. The van der Waals surface area contributed by atoms with E-state index in [-0.39, 0.29) is 17.9 Å². The van der Waals surface area contributed by atoms with E-state index in [1.54, 1.807) is 6.07 Å². The second kappa shape index (κ2) is 5.12. The van der Waals surface area contributed by atoms with Crippen LogP contribution in [-0.4, -0.2) is 20.8 Å². The molecule has 1 aromatic rings. The molecule has 1 aromatic carbocycles. The van der Waals surface area contributed by atoms with Crippen LogP contribution in [-0.2, 0) is 5.92 Å². The highest BCUT2D eigenvalue weighted by atomic mass is 19.3. The molecule has 0 saturated carbocycles. The topological polar surface area (TPSA) is 44.5 Å². The maximum atomic E-state index is 13.7. The van der Waals surface area contributed by atoms with Crippen molar-refractivity contribution in [1.29, 1.82) is 0 Å². The third-order valence-corrected chi connectivity index (χ3v) is 2.26. The third-order valence-electron chi connectivity index (χ3n) is 2.26. The molecule has 0 saturated heterocycles. The van der Waals surface area contributed by atoms with Gasteiger partial charge in [0, 0.05) is 6.42 Å². The van der Waals surface area contributed by atoms with E-state index in [0.717, 1.165) is 0 Å². The van der Waals surface area contributed by atoms with Crippen molar-refractivity contribution < 1.29 is 18.3 Å². The molecule has 0 spiro atoms. The number of hydrogen-bond donors (Lipinski definition) is 1. The van der Waals surface area contributed by atoms with Gasteiger partial charge in [0.25, 0.3) is 5.92 Å². The van der Waals surface area contributed by atoms with Crippen molar-refractivity contribution in [2.24, 2.45) is 5.73 Å². The van der Waals surface area contributed by atoms with E-state index in [4.69, 9.17) is 15.2 Å². The van der Waals surface area contributed by atoms with E-state index in [2.05, 4.69) is 0 Å². The number of methoxy groups -OCH3 is 2. The first-order chi connectivity index (χ1) is 7.55. The Labute approximate surface area is 93.2 Å². The monoisotopic (exact) mass is 231 g/mol. The van der Waals surface area contributed by atoms with Crippen molar-refractivity contribution in [2.45, 2.75) is 12.3 Å². The normalized spacial score (nSPS) is 11.3. The zero-order chi connectivity index (χ0) is 12.2. The summed E-state index contributed by atoms with van der Waals surface area (Å²) in [6.45, 7) is -0.0899. The molecule has 1 rings (SSSR count). The lowest BCUT2D eigenvalue weighted by Crippen LogP contribution is -2.19. The Morgan fingerprint density at radius 3 is 2.44 bits per heavy atom. The van der Waals surface area contributed by atoms with Crippen molar-refractivity contribution in [3.05, 3.63) is 23.8 Å². The van der Waals surface area contributed by atoms with Gasteiger partial charge < -0.3 is 15.2 Å². The maximum Gasteiger partial charge on any atom is 0.278 e. The number of nitrogens with two attached hydrogens (primary N) is 1. The Morgan fingerprint density at radius 1 is 1.25 bits per heavy atom. The molecular formula is C11H15F2NO2. The molecule has 0 aliphatic heterocycles. The van der Waals surface area contributed by atoms with Crippen molar-refractivity contribution in [3.63, 3.8) is 0 Å². The summed E-state index contributed by atoms with van der Waals surface area (Å²) < 4.78 is 37.2. The molecule has 90 valence electrons. The SMILES string of the molecule is COc1ccc(OC)c(C(F)(F)CCN)c1. The minimum absolute atomic E-state index is 0.0899. The van der Waals surface area contributed by atoms with Crippen LogP contribution in [0.3, 0.4) is 0 Å². The number of benzene rings is 1. The van der Waals surface area contributed by atoms with Crippen LogP contribution < -0.4 is 15.2 Å². The zero-order valence-electron chi connectivity index (χ0n) is 9.30. The fraction of sp³-hybridized carbons (Fsp3) is 0.455. The van der Waals surface area contributed by atoms with Gasteiger partial charge in [0.2, 0.25) is 0 Å². The van der Waals surface area contributed by atoms with Crippen LogP contribution in [0.4, 0.5) is 8.78 Å². The van der Waals surface area contributed by atoms with Gasteiger partial charge in [-0.3, -0.25) is 0 Å². The molecule has 16 heavy (non-hydrogen) atoms. The molecular weight excluding hydrogens is 216 g/mol. The van der Waals surface area contributed by atoms with Crippen LogP contribution in [0.2, 0.25) is 0 Å². The Bertz CT molecular complexity index is 356. The van der Waals surface area contributed by atoms with Crippen molar-refractivity contribution in [1.82, 2.24) is 0 Å². The highest BCUT2D eigenvalue weighted by molar-refractivity contribution is 5.42. The van der Waals surface area contributed by atoms with Gasteiger partial charge in [0.05, 0.1) is 19.8 Å². The van der Waals surface area contributed by atoms with Crippen LogP contribution in [0.5, 0.6) is 11.5 Å². The first-order valence-electron chi connectivity index (χ1n) is 4.85. The molecule has 3 nitrogen and oxygen atoms in total.